The van der Waals surface area contributed by atoms with Crippen LogP contribution < -0.4 is 5.32 Å². The zero-order valence-electron chi connectivity index (χ0n) is 13.7. The lowest BCUT2D eigenvalue weighted by atomic mass is 10.2. The second kappa shape index (κ2) is 10.00. The summed E-state index contributed by atoms with van der Waals surface area (Å²) in [6.07, 6.45) is 2.41. The van der Waals surface area contributed by atoms with Crippen LogP contribution in [0.1, 0.15) is 24.3 Å². The third kappa shape index (κ3) is 6.25. The molecule has 2 rings (SSSR count). The van der Waals surface area contributed by atoms with E-state index in [-0.39, 0.29) is 24.9 Å². The van der Waals surface area contributed by atoms with Gasteiger partial charge in [0.05, 0.1) is 15.2 Å². The molecule has 1 aromatic heterocycles. The standard InChI is InChI=1S/C17H22N2O4S/c1-22-11-5-10-18-15(20)12-23-17(21)9-4-8-16-19-13-6-2-3-7-14(13)24-16/h2-3,6-7H,4-5,8-12H2,1H3,(H,18,20). The smallest absolute Gasteiger partial charge is 0.306 e. The third-order valence-electron chi connectivity index (χ3n) is 3.32. The maximum Gasteiger partial charge on any atom is 0.306 e. The normalized spacial score (nSPS) is 10.7. The SMILES string of the molecule is COCCCNC(=O)COC(=O)CCCc1nc2ccccc2s1. The van der Waals surface area contributed by atoms with E-state index < -0.39 is 0 Å². The number of amides is 1. The molecule has 1 heterocycles. The summed E-state index contributed by atoms with van der Waals surface area (Å²) in [5.41, 5.74) is 0.991. The first-order valence-electron chi connectivity index (χ1n) is 7.94. The van der Waals surface area contributed by atoms with Gasteiger partial charge in [0.2, 0.25) is 0 Å². The first-order chi connectivity index (χ1) is 11.7. The second-order valence-corrected chi connectivity index (χ2v) is 6.40. The Morgan fingerprint density at radius 3 is 2.88 bits per heavy atom. The van der Waals surface area contributed by atoms with Gasteiger partial charge in [-0.25, -0.2) is 4.98 Å². The van der Waals surface area contributed by atoms with E-state index in [4.69, 9.17) is 9.47 Å². The van der Waals surface area contributed by atoms with Crippen molar-refractivity contribution in [3.8, 4) is 0 Å². The monoisotopic (exact) mass is 350 g/mol. The number of hydrogen-bond donors (Lipinski definition) is 1. The van der Waals surface area contributed by atoms with Gasteiger partial charge in [-0.2, -0.15) is 0 Å². The molecule has 0 bridgehead atoms. The van der Waals surface area contributed by atoms with Crippen LogP contribution in [-0.2, 0) is 25.5 Å². The highest BCUT2D eigenvalue weighted by atomic mass is 32.1. The number of fused-ring (bicyclic) bond motifs is 1. The number of methoxy groups -OCH3 is 1. The minimum absolute atomic E-state index is 0.229. The number of rotatable bonds is 10. The molecule has 0 atom stereocenters. The lowest BCUT2D eigenvalue weighted by molar-refractivity contribution is -0.148. The quantitative estimate of drug-likeness (QED) is 0.525. The maximum absolute atomic E-state index is 11.6. The summed E-state index contributed by atoms with van der Waals surface area (Å²) in [7, 11) is 1.61. The van der Waals surface area contributed by atoms with Gasteiger partial charge in [0.15, 0.2) is 6.61 Å². The molecule has 1 aromatic carbocycles. The highest BCUT2D eigenvalue weighted by Gasteiger charge is 2.09. The van der Waals surface area contributed by atoms with Crippen molar-refractivity contribution in [3.63, 3.8) is 0 Å². The van der Waals surface area contributed by atoms with E-state index in [1.807, 2.05) is 24.3 Å². The molecule has 130 valence electrons. The molecule has 24 heavy (non-hydrogen) atoms. The first kappa shape index (κ1) is 18.4. The average Bonchev–Trinajstić information content (AvgIpc) is 2.99. The van der Waals surface area contributed by atoms with E-state index in [9.17, 15) is 9.59 Å². The zero-order valence-corrected chi connectivity index (χ0v) is 14.6. The molecule has 0 aliphatic heterocycles. The molecule has 0 saturated carbocycles. The summed E-state index contributed by atoms with van der Waals surface area (Å²) >= 11 is 1.64. The van der Waals surface area contributed by atoms with Gasteiger partial charge in [-0.1, -0.05) is 12.1 Å². The summed E-state index contributed by atoms with van der Waals surface area (Å²) in [6, 6.07) is 7.97. The van der Waals surface area contributed by atoms with Crippen molar-refractivity contribution in [1.82, 2.24) is 10.3 Å². The predicted octanol–water partition coefficient (Wildman–Crippen LogP) is 2.31. The summed E-state index contributed by atoms with van der Waals surface area (Å²) in [4.78, 5) is 27.6. The van der Waals surface area contributed by atoms with Crippen LogP contribution in [0.2, 0.25) is 0 Å². The van der Waals surface area contributed by atoms with Crippen LogP contribution in [0.3, 0.4) is 0 Å². The third-order valence-corrected chi connectivity index (χ3v) is 4.42. The Kier molecular flexibility index (Phi) is 7.64. The van der Waals surface area contributed by atoms with E-state index in [1.54, 1.807) is 18.4 Å². The Morgan fingerprint density at radius 2 is 2.08 bits per heavy atom. The molecule has 1 amide bonds. The number of carbonyl (C=O) groups excluding carboxylic acids is 2. The van der Waals surface area contributed by atoms with Gasteiger partial charge in [0.25, 0.3) is 5.91 Å². The Hall–Kier alpha value is -1.99. The number of ether oxygens (including phenoxy) is 2. The fraction of sp³-hybridized carbons (Fsp3) is 0.471. The second-order valence-electron chi connectivity index (χ2n) is 5.29. The minimum Gasteiger partial charge on any atom is -0.456 e. The van der Waals surface area contributed by atoms with Crippen LogP contribution in [-0.4, -0.2) is 43.7 Å². The van der Waals surface area contributed by atoms with Gasteiger partial charge in [0, 0.05) is 26.7 Å². The molecule has 0 aliphatic carbocycles. The maximum atomic E-state index is 11.6. The number of nitrogens with one attached hydrogen (secondary N) is 1. The van der Waals surface area contributed by atoms with Crippen LogP contribution in [0.4, 0.5) is 0 Å². The zero-order chi connectivity index (χ0) is 17.2. The number of thiazole rings is 1. The highest BCUT2D eigenvalue weighted by molar-refractivity contribution is 7.18. The van der Waals surface area contributed by atoms with Crippen molar-refractivity contribution in [2.45, 2.75) is 25.7 Å². The van der Waals surface area contributed by atoms with E-state index in [1.165, 1.54) is 0 Å². The molecule has 0 unspecified atom stereocenters. The number of nitrogens with zero attached hydrogens (tertiary/aromatic N) is 1. The minimum atomic E-state index is -0.358. The van der Waals surface area contributed by atoms with E-state index in [2.05, 4.69) is 10.3 Å². The van der Waals surface area contributed by atoms with E-state index >= 15 is 0 Å². The largest absolute Gasteiger partial charge is 0.456 e. The van der Waals surface area contributed by atoms with Crippen molar-refractivity contribution in [2.24, 2.45) is 0 Å². The molecule has 0 saturated heterocycles. The Morgan fingerprint density at radius 1 is 1.25 bits per heavy atom. The number of esters is 1. The molecule has 7 heteroatoms. The van der Waals surface area contributed by atoms with Gasteiger partial charge in [-0.15, -0.1) is 11.3 Å². The van der Waals surface area contributed by atoms with Crippen LogP contribution >= 0.6 is 11.3 Å². The number of aromatic nitrogens is 1. The molecule has 6 nitrogen and oxygen atoms in total. The molecule has 0 aliphatic rings. The summed E-state index contributed by atoms with van der Waals surface area (Å²) in [5, 5.41) is 3.68. The van der Waals surface area contributed by atoms with Gasteiger partial charge < -0.3 is 14.8 Å². The summed E-state index contributed by atoms with van der Waals surface area (Å²) < 4.78 is 11.0. The molecular weight excluding hydrogens is 328 g/mol. The lowest BCUT2D eigenvalue weighted by Crippen LogP contribution is -2.30. The van der Waals surface area contributed by atoms with E-state index in [0.717, 1.165) is 28.1 Å². The van der Waals surface area contributed by atoms with Crippen LogP contribution in [0.15, 0.2) is 24.3 Å². The van der Waals surface area contributed by atoms with Crippen LogP contribution in [0.25, 0.3) is 10.2 Å². The van der Waals surface area contributed by atoms with Gasteiger partial charge in [-0.05, 0) is 31.4 Å². The van der Waals surface area contributed by atoms with Crippen molar-refractivity contribution in [2.75, 3.05) is 26.9 Å². The summed E-state index contributed by atoms with van der Waals surface area (Å²) in [6.45, 7) is 0.876. The average molecular weight is 350 g/mol. The molecule has 2 aromatic rings. The molecular formula is C17H22N2O4S. The predicted molar refractivity (Wildman–Crippen MR) is 93.0 cm³/mol. The van der Waals surface area contributed by atoms with Crippen molar-refractivity contribution < 1.29 is 19.1 Å². The Balaban J connectivity index is 1.60. The Labute approximate surface area is 145 Å². The fourth-order valence-corrected chi connectivity index (χ4v) is 3.13. The molecule has 0 spiro atoms. The molecule has 1 N–H and O–H groups in total. The van der Waals surface area contributed by atoms with Crippen LogP contribution in [0.5, 0.6) is 0 Å². The molecule has 0 fully saturated rings. The van der Waals surface area contributed by atoms with Gasteiger partial charge in [-0.3, -0.25) is 9.59 Å². The van der Waals surface area contributed by atoms with Crippen molar-refractivity contribution >= 4 is 33.4 Å². The van der Waals surface area contributed by atoms with Crippen molar-refractivity contribution in [1.29, 1.82) is 0 Å². The number of benzene rings is 1. The summed E-state index contributed by atoms with van der Waals surface area (Å²) in [5.74, 6) is -0.645. The number of para-hydroxylation sites is 1. The number of hydrogen-bond acceptors (Lipinski definition) is 6. The topological polar surface area (TPSA) is 77.5 Å². The Bertz CT molecular complexity index is 638. The van der Waals surface area contributed by atoms with Crippen molar-refractivity contribution in [3.05, 3.63) is 29.3 Å². The number of carbonyl (C=O) groups is 2. The van der Waals surface area contributed by atoms with E-state index in [0.29, 0.717) is 19.6 Å². The lowest BCUT2D eigenvalue weighted by Gasteiger charge is -2.06. The molecule has 0 radical (unpaired) electrons. The first-order valence-corrected chi connectivity index (χ1v) is 8.76. The fourth-order valence-electron chi connectivity index (χ4n) is 2.12. The highest BCUT2D eigenvalue weighted by Crippen LogP contribution is 2.22. The van der Waals surface area contributed by atoms with Gasteiger partial charge >= 0.3 is 5.97 Å². The van der Waals surface area contributed by atoms with Crippen LogP contribution in [0, 0.1) is 0 Å². The van der Waals surface area contributed by atoms with Gasteiger partial charge in [0.1, 0.15) is 0 Å². The number of aryl methyl sites for hydroxylation is 1.